The number of anilines is 1. The van der Waals surface area contributed by atoms with Crippen LogP contribution in [0.25, 0.3) is 0 Å². The summed E-state index contributed by atoms with van der Waals surface area (Å²) in [4.78, 5) is 2.64. The Morgan fingerprint density at radius 2 is 2.00 bits per heavy atom. The summed E-state index contributed by atoms with van der Waals surface area (Å²) in [6, 6.07) is 6.22. The molecule has 0 aliphatic carbocycles. The van der Waals surface area contributed by atoms with E-state index in [0.717, 1.165) is 23.4 Å². The van der Waals surface area contributed by atoms with Crippen LogP contribution in [0.4, 0.5) is 5.69 Å². The molecule has 19 heavy (non-hydrogen) atoms. The second kappa shape index (κ2) is 6.75. The van der Waals surface area contributed by atoms with Crippen molar-refractivity contribution in [2.75, 3.05) is 19.1 Å². The summed E-state index contributed by atoms with van der Waals surface area (Å²) in [5.74, 6) is 1.47. The summed E-state index contributed by atoms with van der Waals surface area (Å²) in [6.07, 6.45) is 1.12. The number of benzene rings is 1. The van der Waals surface area contributed by atoms with Gasteiger partial charge in [0, 0.05) is 24.7 Å². The first-order valence-corrected chi connectivity index (χ1v) is 6.98. The second-order valence-electron chi connectivity index (χ2n) is 5.34. The third-order valence-electron chi connectivity index (χ3n) is 3.32. The third-order valence-corrected chi connectivity index (χ3v) is 3.54. The first kappa shape index (κ1) is 15.8. The van der Waals surface area contributed by atoms with Crippen LogP contribution in [0.3, 0.4) is 0 Å². The number of hydrogen-bond donors (Lipinski definition) is 1. The highest BCUT2D eigenvalue weighted by atomic mass is 32.1. The molecule has 0 amide bonds. The van der Waals surface area contributed by atoms with E-state index in [1.807, 2.05) is 18.2 Å². The van der Waals surface area contributed by atoms with E-state index in [9.17, 15) is 0 Å². The van der Waals surface area contributed by atoms with Crippen LogP contribution in [0.2, 0.25) is 0 Å². The van der Waals surface area contributed by atoms with Crippen LogP contribution in [0, 0.1) is 5.92 Å². The SMILES string of the molecule is COc1ccc(C(N)=S)c(N(C)C(C)CC(C)C)c1. The lowest BCUT2D eigenvalue weighted by Crippen LogP contribution is -2.32. The first-order chi connectivity index (χ1) is 8.86. The number of methoxy groups -OCH3 is 1. The largest absolute Gasteiger partial charge is 0.497 e. The van der Waals surface area contributed by atoms with Gasteiger partial charge in [-0.15, -0.1) is 0 Å². The molecule has 1 aromatic carbocycles. The van der Waals surface area contributed by atoms with E-state index in [2.05, 4.69) is 32.7 Å². The lowest BCUT2D eigenvalue weighted by Gasteiger charge is -2.30. The van der Waals surface area contributed by atoms with Gasteiger partial charge in [-0.05, 0) is 31.4 Å². The van der Waals surface area contributed by atoms with Crippen molar-refractivity contribution >= 4 is 22.9 Å². The molecule has 0 aliphatic heterocycles. The highest BCUT2D eigenvalue weighted by Gasteiger charge is 2.16. The Labute approximate surface area is 121 Å². The van der Waals surface area contributed by atoms with Crippen molar-refractivity contribution in [1.82, 2.24) is 0 Å². The van der Waals surface area contributed by atoms with E-state index in [-0.39, 0.29) is 0 Å². The molecule has 3 nitrogen and oxygen atoms in total. The van der Waals surface area contributed by atoms with Crippen LogP contribution in [0.15, 0.2) is 18.2 Å². The minimum absolute atomic E-state index is 0.417. The van der Waals surface area contributed by atoms with E-state index < -0.39 is 0 Å². The maximum Gasteiger partial charge on any atom is 0.120 e. The van der Waals surface area contributed by atoms with Crippen LogP contribution in [-0.2, 0) is 0 Å². The number of hydrogen-bond acceptors (Lipinski definition) is 3. The Hall–Kier alpha value is -1.29. The Bertz CT molecular complexity index is 446. The molecule has 0 aromatic heterocycles. The summed E-state index contributed by atoms with van der Waals surface area (Å²) < 4.78 is 5.29. The maximum atomic E-state index is 5.81. The minimum Gasteiger partial charge on any atom is -0.497 e. The van der Waals surface area contributed by atoms with Crippen molar-refractivity contribution in [3.8, 4) is 5.75 Å². The molecule has 0 saturated carbocycles. The highest BCUT2D eigenvalue weighted by Crippen LogP contribution is 2.28. The second-order valence-corrected chi connectivity index (χ2v) is 5.78. The number of ether oxygens (including phenoxy) is 1. The molecule has 106 valence electrons. The Morgan fingerprint density at radius 1 is 1.37 bits per heavy atom. The fourth-order valence-corrected chi connectivity index (χ4v) is 2.39. The first-order valence-electron chi connectivity index (χ1n) is 6.57. The van der Waals surface area contributed by atoms with Crippen LogP contribution in [0.1, 0.15) is 32.8 Å². The van der Waals surface area contributed by atoms with Crippen molar-refractivity contribution in [2.45, 2.75) is 33.2 Å². The topological polar surface area (TPSA) is 38.5 Å². The van der Waals surface area contributed by atoms with E-state index in [1.54, 1.807) is 7.11 Å². The van der Waals surface area contributed by atoms with Gasteiger partial charge in [-0.1, -0.05) is 26.1 Å². The van der Waals surface area contributed by atoms with Gasteiger partial charge in [-0.3, -0.25) is 0 Å². The summed E-state index contributed by atoms with van der Waals surface area (Å²) >= 11 is 5.13. The average molecular weight is 280 g/mol. The third kappa shape index (κ3) is 4.10. The zero-order valence-corrected chi connectivity index (χ0v) is 13.3. The molecule has 0 heterocycles. The molecular weight excluding hydrogens is 256 g/mol. The standard InChI is InChI=1S/C15H24N2OS/c1-10(2)8-11(3)17(4)14-9-12(18-5)6-7-13(14)15(16)19/h6-7,9-11H,8H2,1-5H3,(H2,16,19). The highest BCUT2D eigenvalue weighted by molar-refractivity contribution is 7.80. The molecule has 0 spiro atoms. The van der Waals surface area contributed by atoms with Gasteiger partial charge in [0.15, 0.2) is 0 Å². The van der Waals surface area contributed by atoms with E-state index in [4.69, 9.17) is 22.7 Å². The smallest absolute Gasteiger partial charge is 0.120 e. The molecule has 4 heteroatoms. The van der Waals surface area contributed by atoms with E-state index >= 15 is 0 Å². The van der Waals surface area contributed by atoms with Crippen molar-refractivity contribution < 1.29 is 4.74 Å². The Kier molecular flexibility index (Phi) is 5.60. The van der Waals surface area contributed by atoms with Crippen LogP contribution >= 0.6 is 12.2 Å². The maximum absolute atomic E-state index is 5.81. The van der Waals surface area contributed by atoms with E-state index in [1.165, 1.54) is 0 Å². The molecule has 0 saturated heterocycles. The molecule has 0 aliphatic rings. The number of rotatable bonds is 6. The Morgan fingerprint density at radius 3 is 2.47 bits per heavy atom. The van der Waals surface area contributed by atoms with Crippen LogP contribution in [0.5, 0.6) is 5.75 Å². The van der Waals surface area contributed by atoms with Crippen molar-refractivity contribution in [1.29, 1.82) is 0 Å². The monoisotopic (exact) mass is 280 g/mol. The van der Waals surface area contributed by atoms with Gasteiger partial charge >= 0.3 is 0 Å². The van der Waals surface area contributed by atoms with Crippen molar-refractivity contribution in [3.05, 3.63) is 23.8 Å². The van der Waals surface area contributed by atoms with Crippen molar-refractivity contribution in [3.63, 3.8) is 0 Å². The fraction of sp³-hybridized carbons (Fsp3) is 0.533. The van der Waals surface area contributed by atoms with Crippen LogP contribution < -0.4 is 15.4 Å². The van der Waals surface area contributed by atoms with E-state index in [0.29, 0.717) is 16.9 Å². The molecule has 1 atom stereocenters. The van der Waals surface area contributed by atoms with Crippen LogP contribution in [-0.4, -0.2) is 25.2 Å². The van der Waals surface area contributed by atoms with Gasteiger partial charge in [0.25, 0.3) is 0 Å². The summed E-state index contributed by atoms with van der Waals surface area (Å²) in [5.41, 5.74) is 7.73. The number of nitrogens with zero attached hydrogens (tertiary/aromatic N) is 1. The fourth-order valence-electron chi connectivity index (χ4n) is 2.22. The van der Waals surface area contributed by atoms with Gasteiger partial charge < -0.3 is 15.4 Å². The lowest BCUT2D eigenvalue weighted by molar-refractivity contribution is 0.414. The predicted octanol–water partition coefficient (Wildman–Crippen LogP) is 3.20. The average Bonchev–Trinajstić information content (AvgIpc) is 2.36. The van der Waals surface area contributed by atoms with Gasteiger partial charge in [0.1, 0.15) is 10.7 Å². The quantitative estimate of drug-likeness (QED) is 0.812. The minimum atomic E-state index is 0.417. The molecule has 1 rings (SSSR count). The molecule has 1 unspecified atom stereocenters. The zero-order chi connectivity index (χ0) is 14.6. The summed E-state index contributed by atoms with van der Waals surface area (Å²) in [7, 11) is 3.74. The normalized spacial score (nSPS) is 12.3. The molecule has 2 N–H and O–H groups in total. The molecule has 0 bridgehead atoms. The van der Waals surface area contributed by atoms with Gasteiger partial charge in [-0.25, -0.2) is 0 Å². The number of thiocarbonyl (C=S) groups is 1. The molecule has 1 aromatic rings. The summed E-state index contributed by atoms with van der Waals surface area (Å²) in [6.45, 7) is 6.66. The molecular formula is C15H24N2OS. The lowest BCUT2D eigenvalue weighted by atomic mass is 10.0. The molecule has 0 radical (unpaired) electrons. The summed E-state index contributed by atoms with van der Waals surface area (Å²) in [5, 5.41) is 0. The zero-order valence-electron chi connectivity index (χ0n) is 12.4. The van der Waals surface area contributed by atoms with Gasteiger partial charge in [0.05, 0.1) is 12.8 Å². The van der Waals surface area contributed by atoms with Gasteiger partial charge in [0.2, 0.25) is 0 Å². The van der Waals surface area contributed by atoms with Gasteiger partial charge in [-0.2, -0.15) is 0 Å². The number of nitrogens with two attached hydrogens (primary N) is 1. The predicted molar refractivity (Wildman–Crippen MR) is 86.2 cm³/mol. The van der Waals surface area contributed by atoms with Crippen molar-refractivity contribution in [2.24, 2.45) is 11.7 Å². The molecule has 0 fully saturated rings. The Balaban J connectivity index is 3.11.